The average molecular weight is 270 g/mol. The van der Waals surface area contributed by atoms with Gasteiger partial charge in [0.25, 0.3) is 0 Å². The van der Waals surface area contributed by atoms with E-state index in [1.165, 1.54) is 5.56 Å². The number of hydrogen-bond donors (Lipinski definition) is 1. The molecule has 0 saturated carbocycles. The maximum Gasteiger partial charge on any atom is 0.148 e. The topological polar surface area (TPSA) is 30.5 Å². The molecular formula is C14H20ClNO2. The van der Waals surface area contributed by atoms with Crippen molar-refractivity contribution in [3.8, 4) is 18.1 Å². The minimum absolute atomic E-state index is 0. The van der Waals surface area contributed by atoms with Crippen molar-refractivity contribution in [2.45, 2.75) is 13.0 Å². The lowest BCUT2D eigenvalue weighted by atomic mass is 10.2. The Morgan fingerprint density at radius 3 is 2.61 bits per heavy atom. The molecule has 100 valence electrons. The van der Waals surface area contributed by atoms with E-state index in [1.54, 1.807) is 7.11 Å². The van der Waals surface area contributed by atoms with Crippen LogP contribution in [0.1, 0.15) is 12.0 Å². The highest BCUT2D eigenvalue weighted by atomic mass is 35.5. The fourth-order valence-corrected chi connectivity index (χ4v) is 1.40. The van der Waals surface area contributed by atoms with Crippen LogP contribution in [0.5, 0.6) is 5.75 Å². The summed E-state index contributed by atoms with van der Waals surface area (Å²) in [4.78, 5) is 0. The second-order valence-corrected chi connectivity index (χ2v) is 3.66. The zero-order chi connectivity index (χ0) is 12.3. The van der Waals surface area contributed by atoms with E-state index in [0.29, 0.717) is 6.61 Å². The lowest BCUT2D eigenvalue weighted by Gasteiger charge is -2.06. The first-order valence-electron chi connectivity index (χ1n) is 5.71. The summed E-state index contributed by atoms with van der Waals surface area (Å²) in [5, 5.41) is 3.35. The normalized spacial score (nSPS) is 9.33. The fourth-order valence-electron chi connectivity index (χ4n) is 1.40. The van der Waals surface area contributed by atoms with Crippen LogP contribution in [0, 0.1) is 12.3 Å². The fraction of sp³-hybridized carbons (Fsp3) is 0.429. The Kier molecular flexibility index (Phi) is 10.2. The Hall–Kier alpha value is -1.21. The van der Waals surface area contributed by atoms with Crippen LogP contribution in [0.25, 0.3) is 0 Å². The van der Waals surface area contributed by atoms with E-state index in [2.05, 4.69) is 11.2 Å². The van der Waals surface area contributed by atoms with Gasteiger partial charge in [0.2, 0.25) is 0 Å². The number of terminal acetylenes is 1. The van der Waals surface area contributed by atoms with E-state index in [0.717, 1.165) is 31.9 Å². The second-order valence-electron chi connectivity index (χ2n) is 3.66. The molecule has 0 aliphatic rings. The van der Waals surface area contributed by atoms with Gasteiger partial charge in [-0.2, -0.15) is 0 Å². The van der Waals surface area contributed by atoms with Crippen LogP contribution in [0.15, 0.2) is 24.3 Å². The Morgan fingerprint density at radius 1 is 1.28 bits per heavy atom. The van der Waals surface area contributed by atoms with Crippen molar-refractivity contribution < 1.29 is 9.47 Å². The predicted molar refractivity (Wildman–Crippen MR) is 76.2 cm³/mol. The molecule has 18 heavy (non-hydrogen) atoms. The summed E-state index contributed by atoms with van der Waals surface area (Å²) in [5.41, 5.74) is 1.23. The maximum absolute atomic E-state index is 5.29. The van der Waals surface area contributed by atoms with Crippen molar-refractivity contribution in [1.82, 2.24) is 5.32 Å². The first-order valence-corrected chi connectivity index (χ1v) is 5.71. The molecule has 1 aromatic carbocycles. The van der Waals surface area contributed by atoms with Crippen molar-refractivity contribution in [2.24, 2.45) is 0 Å². The van der Waals surface area contributed by atoms with Crippen molar-refractivity contribution >= 4 is 12.4 Å². The van der Waals surface area contributed by atoms with Gasteiger partial charge in [0.1, 0.15) is 12.4 Å². The third-order valence-corrected chi connectivity index (χ3v) is 2.28. The number of rotatable bonds is 8. The lowest BCUT2D eigenvalue weighted by molar-refractivity contribution is 0.194. The summed E-state index contributed by atoms with van der Waals surface area (Å²) in [6.45, 7) is 2.93. The van der Waals surface area contributed by atoms with Gasteiger partial charge in [0.05, 0.1) is 0 Å². The molecule has 0 unspecified atom stereocenters. The summed E-state index contributed by atoms with van der Waals surface area (Å²) in [6.07, 6.45) is 6.14. The van der Waals surface area contributed by atoms with E-state index in [9.17, 15) is 0 Å². The zero-order valence-electron chi connectivity index (χ0n) is 10.6. The van der Waals surface area contributed by atoms with E-state index in [4.69, 9.17) is 15.9 Å². The summed E-state index contributed by atoms with van der Waals surface area (Å²) in [6, 6.07) is 7.94. The number of ether oxygens (including phenoxy) is 2. The number of hydrogen-bond acceptors (Lipinski definition) is 3. The largest absolute Gasteiger partial charge is 0.481 e. The monoisotopic (exact) mass is 269 g/mol. The molecular weight excluding hydrogens is 250 g/mol. The average Bonchev–Trinajstić information content (AvgIpc) is 2.37. The molecule has 1 rings (SSSR count). The van der Waals surface area contributed by atoms with E-state index < -0.39 is 0 Å². The van der Waals surface area contributed by atoms with Crippen LogP contribution in [-0.4, -0.2) is 26.9 Å². The molecule has 0 aliphatic heterocycles. The number of halogens is 1. The van der Waals surface area contributed by atoms with Gasteiger partial charge in [-0.25, -0.2) is 0 Å². The van der Waals surface area contributed by atoms with Crippen molar-refractivity contribution in [3.63, 3.8) is 0 Å². The molecule has 0 aromatic heterocycles. The number of nitrogens with one attached hydrogen (secondary N) is 1. The summed E-state index contributed by atoms with van der Waals surface area (Å²) < 4.78 is 10.3. The molecule has 1 N–H and O–H groups in total. The second kappa shape index (κ2) is 10.9. The number of methoxy groups -OCH3 is 1. The SMILES string of the molecule is C#CCOc1ccc(CNCCCOC)cc1.Cl. The van der Waals surface area contributed by atoms with Gasteiger partial charge in [0.15, 0.2) is 0 Å². The highest BCUT2D eigenvalue weighted by molar-refractivity contribution is 5.85. The van der Waals surface area contributed by atoms with E-state index in [1.807, 2.05) is 24.3 Å². The highest BCUT2D eigenvalue weighted by Crippen LogP contribution is 2.11. The molecule has 0 saturated heterocycles. The van der Waals surface area contributed by atoms with Gasteiger partial charge in [-0.3, -0.25) is 0 Å². The van der Waals surface area contributed by atoms with E-state index >= 15 is 0 Å². The van der Waals surface area contributed by atoms with Gasteiger partial charge in [-0.1, -0.05) is 18.1 Å². The van der Waals surface area contributed by atoms with Crippen molar-refractivity contribution in [2.75, 3.05) is 26.9 Å². The molecule has 3 nitrogen and oxygen atoms in total. The van der Waals surface area contributed by atoms with Gasteiger partial charge >= 0.3 is 0 Å². The molecule has 0 atom stereocenters. The lowest BCUT2D eigenvalue weighted by Crippen LogP contribution is -2.15. The quantitative estimate of drug-likeness (QED) is 0.580. The molecule has 0 amide bonds. The molecule has 0 aliphatic carbocycles. The molecule has 0 spiro atoms. The standard InChI is InChI=1S/C14H19NO2.ClH/c1-3-10-17-14-7-5-13(6-8-14)12-15-9-4-11-16-2;/h1,5-8,15H,4,9-12H2,2H3;1H. The molecule has 1 aromatic rings. The Bertz CT molecular complexity index is 346. The van der Waals surface area contributed by atoms with E-state index in [-0.39, 0.29) is 12.4 Å². The van der Waals surface area contributed by atoms with Gasteiger partial charge < -0.3 is 14.8 Å². The van der Waals surface area contributed by atoms with Crippen molar-refractivity contribution in [3.05, 3.63) is 29.8 Å². The van der Waals surface area contributed by atoms with Crippen LogP contribution in [0.3, 0.4) is 0 Å². The molecule has 4 heteroatoms. The molecule has 0 fully saturated rings. The van der Waals surface area contributed by atoms with Gasteiger partial charge in [-0.15, -0.1) is 18.8 Å². The summed E-state index contributed by atoms with van der Waals surface area (Å²) >= 11 is 0. The Balaban J connectivity index is 0.00000289. The van der Waals surface area contributed by atoms with Crippen LogP contribution in [0.2, 0.25) is 0 Å². The van der Waals surface area contributed by atoms with Gasteiger partial charge in [0, 0.05) is 20.3 Å². The molecule has 0 radical (unpaired) electrons. The third-order valence-electron chi connectivity index (χ3n) is 2.28. The van der Waals surface area contributed by atoms with Crippen molar-refractivity contribution in [1.29, 1.82) is 0 Å². The van der Waals surface area contributed by atoms with Crippen LogP contribution < -0.4 is 10.1 Å². The van der Waals surface area contributed by atoms with Crippen LogP contribution in [-0.2, 0) is 11.3 Å². The summed E-state index contributed by atoms with van der Waals surface area (Å²) in [5.74, 6) is 3.25. The number of benzene rings is 1. The smallest absolute Gasteiger partial charge is 0.148 e. The van der Waals surface area contributed by atoms with Crippen LogP contribution in [0.4, 0.5) is 0 Å². The van der Waals surface area contributed by atoms with Crippen LogP contribution >= 0.6 is 12.4 Å². The predicted octanol–water partition coefficient (Wildman–Crippen LogP) is 2.25. The van der Waals surface area contributed by atoms with Gasteiger partial charge in [-0.05, 0) is 30.7 Å². The first kappa shape index (κ1) is 16.8. The molecule has 0 bridgehead atoms. The zero-order valence-corrected chi connectivity index (χ0v) is 11.5. The summed E-state index contributed by atoms with van der Waals surface area (Å²) in [7, 11) is 1.72. The highest BCUT2D eigenvalue weighted by Gasteiger charge is 1.95. The third kappa shape index (κ3) is 7.18. The Labute approximate surface area is 115 Å². The minimum atomic E-state index is 0. The minimum Gasteiger partial charge on any atom is -0.481 e. The first-order chi connectivity index (χ1) is 8.36. The Morgan fingerprint density at radius 2 is 2.00 bits per heavy atom. The maximum atomic E-state index is 5.29. The molecule has 0 heterocycles.